The minimum Gasteiger partial charge on any atom is -0.496 e. The average molecular weight is 597 g/mol. The van der Waals surface area contributed by atoms with Gasteiger partial charge in [0.15, 0.2) is 0 Å². The lowest BCUT2D eigenvalue weighted by Gasteiger charge is -2.23. The molecule has 232 valence electrons. The van der Waals surface area contributed by atoms with E-state index < -0.39 is 0 Å². The fraction of sp³-hybridized carbons (Fsp3) is 0.333. The zero-order valence-corrected chi connectivity index (χ0v) is 26.2. The molecule has 1 aliphatic carbocycles. The molecule has 0 fully saturated rings. The number of methoxy groups -OCH3 is 3. The predicted octanol–water partition coefficient (Wildman–Crippen LogP) is 6.29. The molecule has 0 aromatic heterocycles. The number of anilines is 4. The van der Waals surface area contributed by atoms with Crippen molar-refractivity contribution in [3.05, 3.63) is 93.0 Å². The summed E-state index contributed by atoms with van der Waals surface area (Å²) < 4.78 is 24.7. The van der Waals surface area contributed by atoms with Crippen molar-refractivity contribution in [3.63, 3.8) is 0 Å². The third-order valence-corrected chi connectivity index (χ3v) is 8.19. The molecule has 0 heterocycles. The first-order valence-electron chi connectivity index (χ1n) is 15.1. The van der Waals surface area contributed by atoms with Crippen molar-refractivity contribution in [2.45, 2.75) is 51.9 Å². The Kier molecular flexibility index (Phi) is 9.28. The van der Waals surface area contributed by atoms with E-state index >= 15 is 0 Å². The molecule has 0 spiro atoms. The first-order chi connectivity index (χ1) is 21.2. The first-order valence-corrected chi connectivity index (χ1v) is 15.1. The molecule has 5 rings (SSSR count). The van der Waals surface area contributed by atoms with Crippen molar-refractivity contribution in [2.24, 2.45) is 0 Å². The summed E-state index contributed by atoms with van der Waals surface area (Å²) in [4.78, 5) is 0. The van der Waals surface area contributed by atoms with Crippen molar-refractivity contribution in [1.29, 1.82) is 0 Å². The van der Waals surface area contributed by atoms with Crippen molar-refractivity contribution in [1.82, 2.24) is 0 Å². The second-order valence-corrected chi connectivity index (χ2v) is 11.5. The number of rotatable bonds is 8. The van der Waals surface area contributed by atoms with E-state index in [0.29, 0.717) is 55.0 Å². The van der Waals surface area contributed by atoms with Crippen LogP contribution in [0.25, 0.3) is 0 Å². The molecule has 4 aromatic rings. The standard InChI is InChI=1S/C36H44N4O4/c1-5-6-7-8-44-36-27-11-25-17-30(38)15-23(34(25)42-3)9-21-13-29(37)14-22(33(21)41-2)10-24-16-31(39)18-26(35(24)43-4)12-28(36)20-32(40)19-27/h13-20H,5-12,37-40H2,1-4H3. The molecule has 0 aliphatic heterocycles. The summed E-state index contributed by atoms with van der Waals surface area (Å²) in [6, 6.07) is 15.7. The monoisotopic (exact) mass is 596 g/mol. The molecule has 0 atom stereocenters. The van der Waals surface area contributed by atoms with Gasteiger partial charge < -0.3 is 41.9 Å². The van der Waals surface area contributed by atoms with Gasteiger partial charge in [-0.1, -0.05) is 19.8 Å². The summed E-state index contributed by atoms with van der Waals surface area (Å²) in [6.45, 7) is 2.79. The van der Waals surface area contributed by atoms with Crippen molar-refractivity contribution < 1.29 is 18.9 Å². The Balaban J connectivity index is 1.79. The zero-order valence-electron chi connectivity index (χ0n) is 26.2. The van der Waals surface area contributed by atoms with Crippen LogP contribution in [0.1, 0.15) is 70.7 Å². The maximum atomic E-state index is 6.57. The van der Waals surface area contributed by atoms with Crippen LogP contribution >= 0.6 is 0 Å². The van der Waals surface area contributed by atoms with Crippen LogP contribution in [-0.4, -0.2) is 27.9 Å². The van der Waals surface area contributed by atoms with E-state index in [4.69, 9.17) is 41.9 Å². The predicted molar refractivity (Wildman–Crippen MR) is 179 cm³/mol. The number of nitrogens with two attached hydrogens (primary N) is 4. The fourth-order valence-electron chi connectivity index (χ4n) is 6.49. The minimum absolute atomic E-state index is 0.504. The number of ether oxygens (including phenoxy) is 4. The maximum Gasteiger partial charge on any atom is 0.126 e. The summed E-state index contributed by atoms with van der Waals surface area (Å²) in [5.74, 6) is 3.10. The van der Waals surface area contributed by atoms with Crippen LogP contribution in [0.4, 0.5) is 22.7 Å². The zero-order chi connectivity index (χ0) is 31.4. The summed E-state index contributed by atoms with van der Waals surface area (Å²) >= 11 is 0. The normalized spacial score (nSPS) is 12.5. The van der Waals surface area contributed by atoms with Crippen LogP contribution in [0.5, 0.6) is 23.0 Å². The van der Waals surface area contributed by atoms with Gasteiger partial charge in [-0.2, -0.15) is 0 Å². The lowest BCUT2D eigenvalue weighted by atomic mass is 9.90. The first kappa shape index (κ1) is 30.7. The lowest BCUT2D eigenvalue weighted by Crippen LogP contribution is -2.10. The van der Waals surface area contributed by atoms with Gasteiger partial charge >= 0.3 is 0 Å². The number of unbranched alkanes of at least 4 members (excludes halogenated alkanes) is 2. The number of fused-ring (bicyclic) bond motifs is 8. The molecular formula is C36H44N4O4. The largest absolute Gasteiger partial charge is 0.496 e. The molecule has 8 nitrogen and oxygen atoms in total. The average Bonchev–Trinajstić information content (AvgIpc) is 2.95. The van der Waals surface area contributed by atoms with Crippen LogP contribution < -0.4 is 41.9 Å². The quantitative estimate of drug-likeness (QED) is 0.121. The van der Waals surface area contributed by atoms with Gasteiger partial charge in [0.05, 0.1) is 27.9 Å². The number of benzene rings is 4. The van der Waals surface area contributed by atoms with Crippen LogP contribution in [0, 0.1) is 0 Å². The van der Waals surface area contributed by atoms with Gasteiger partial charge in [-0.15, -0.1) is 0 Å². The highest BCUT2D eigenvalue weighted by molar-refractivity contribution is 5.64. The Bertz CT molecular complexity index is 1560. The second-order valence-electron chi connectivity index (χ2n) is 11.5. The molecular weight excluding hydrogens is 552 g/mol. The van der Waals surface area contributed by atoms with E-state index in [1.807, 2.05) is 48.5 Å². The molecule has 8 heteroatoms. The van der Waals surface area contributed by atoms with Gasteiger partial charge in [-0.25, -0.2) is 0 Å². The third kappa shape index (κ3) is 6.44. The van der Waals surface area contributed by atoms with Gasteiger partial charge in [-0.3, -0.25) is 0 Å². The molecule has 44 heavy (non-hydrogen) atoms. The highest BCUT2D eigenvalue weighted by Gasteiger charge is 2.23. The molecule has 0 saturated heterocycles. The summed E-state index contributed by atoms with van der Waals surface area (Å²) in [5.41, 5.74) is 36.1. The molecule has 8 N–H and O–H groups in total. The maximum absolute atomic E-state index is 6.57. The van der Waals surface area contributed by atoms with E-state index in [1.54, 1.807) is 21.3 Å². The van der Waals surface area contributed by atoms with Gasteiger partial charge in [0.25, 0.3) is 0 Å². The topological polar surface area (TPSA) is 141 Å². The van der Waals surface area contributed by atoms with Crippen LogP contribution in [0.3, 0.4) is 0 Å². The smallest absolute Gasteiger partial charge is 0.126 e. The Morgan fingerprint density at radius 1 is 0.455 bits per heavy atom. The molecule has 0 saturated carbocycles. The SMILES string of the molecule is CCCCCOc1c2cc(N)cc1Cc1cc(N)cc(c1OC)Cc1cc(N)cc(c1OC)Cc1cc(N)cc(c1OC)C2. The minimum atomic E-state index is 0.504. The number of hydrogen-bond acceptors (Lipinski definition) is 8. The Hall–Kier alpha value is -4.72. The summed E-state index contributed by atoms with van der Waals surface area (Å²) in [6.07, 6.45) is 5.19. The lowest BCUT2D eigenvalue weighted by molar-refractivity contribution is 0.301. The molecule has 8 bridgehead atoms. The molecule has 0 unspecified atom stereocenters. The Morgan fingerprint density at radius 3 is 0.977 bits per heavy atom. The van der Waals surface area contributed by atoms with E-state index in [2.05, 4.69) is 6.92 Å². The fourth-order valence-corrected chi connectivity index (χ4v) is 6.49. The highest BCUT2D eigenvalue weighted by atomic mass is 16.5. The Labute approximate surface area is 260 Å². The number of nitrogen functional groups attached to an aromatic ring is 4. The van der Waals surface area contributed by atoms with Crippen molar-refractivity contribution >= 4 is 22.7 Å². The Morgan fingerprint density at radius 2 is 0.727 bits per heavy atom. The van der Waals surface area contributed by atoms with Gasteiger partial charge in [0, 0.05) is 92.9 Å². The van der Waals surface area contributed by atoms with Crippen LogP contribution in [0.15, 0.2) is 48.5 Å². The van der Waals surface area contributed by atoms with Crippen molar-refractivity contribution in [3.8, 4) is 23.0 Å². The van der Waals surface area contributed by atoms with Gasteiger partial charge in [0.2, 0.25) is 0 Å². The van der Waals surface area contributed by atoms with E-state index in [0.717, 1.165) is 86.8 Å². The van der Waals surface area contributed by atoms with E-state index in [-0.39, 0.29) is 0 Å². The molecule has 0 radical (unpaired) electrons. The highest BCUT2D eigenvalue weighted by Crippen LogP contribution is 2.41. The van der Waals surface area contributed by atoms with Gasteiger partial charge in [0.1, 0.15) is 23.0 Å². The van der Waals surface area contributed by atoms with Crippen LogP contribution in [0.2, 0.25) is 0 Å². The number of hydrogen-bond donors (Lipinski definition) is 4. The summed E-state index contributed by atoms with van der Waals surface area (Å²) in [5, 5.41) is 0. The van der Waals surface area contributed by atoms with Crippen molar-refractivity contribution in [2.75, 3.05) is 50.9 Å². The second kappa shape index (κ2) is 13.3. The van der Waals surface area contributed by atoms with E-state index in [1.165, 1.54) is 0 Å². The third-order valence-electron chi connectivity index (χ3n) is 8.19. The molecule has 1 aliphatic rings. The summed E-state index contributed by atoms with van der Waals surface area (Å²) in [7, 11) is 5.06. The van der Waals surface area contributed by atoms with Gasteiger partial charge in [-0.05, 0) is 55.0 Å². The molecule has 4 aromatic carbocycles. The molecule has 0 amide bonds. The van der Waals surface area contributed by atoms with E-state index in [9.17, 15) is 0 Å². The van der Waals surface area contributed by atoms with Crippen LogP contribution in [-0.2, 0) is 25.7 Å².